The maximum Gasteiger partial charge on any atom is 0.326 e. The van der Waals surface area contributed by atoms with Crippen molar-refractivity contribution >= 4 is 39.1 Å². The summed E-state index contributed by atoms with van der Waals surface area (Å²) in [5, 5.41) is 6.55. The highest BCUT2D eigenvalue weighted by Crippen LogP contribution is 2.30. The fourth-order valence-electron chi connectivity index (χ4n) is 4.47. The average Bonchev–Trinajstić information content (AvgIpc) is 2.87. The van der Waals surface area contributed by atoms with Crippen LogP contribution in [0.15, 0.2) is 53.6 Å². The van der Waals surface area contributed by atoms with Gasteiger partial charge in [0.1, 0.15) is 12.4 Å². The van der Waals surface area contributed by atoms with E-state index in [1.165, 1.54) is 7.11 Å². The van der Waals surface area contributed by atoms with Crippen LogP contribution in [0, 0.1) is 20.8 Å². The first kappa shape index (κ1) is 26.4. The molecule has 11 heteroatoms. The molecular weight excluding hydrogens is 492 g/mol. The van der Waals surface area contributed by atoms with Gasteiger partial charge in [0.2, 0.25) is 5.95 Å². The lowest BCUT2D eigenvalue weighted by atomic mass is 10.1. The van der Waals surface area contributed by atoms with Gasteiger partial charge in [-0.05, 0) is 62.2 Å². The summed E-state index contributed by atoms with van der Waals surface area (Å²) in [6.07, 6.45) is 1.71. The number of aromatic nitrogens is 2. The van der Waals surface area contributed by atoms with E-state index >= 15 is 0 Å². The number of carbonyl (C=O) groups excluding carboxylic acids is 1. The van der Waals surface area contributed by atoms with Gasteiger partial charge in [-0.1, -0.05) is 17.7 Å². The molecule has 1 fully saturated rings. The monoisotopic (exact) mass is 524 g/mol. The van der Waals surface area contributed by atoms with Gasteiger partial charge in [-0.2, -0.15) is 4.98 Å². The number of nitrogens with one attached hydrogen (secondary N) is 2. The van der Waals surface area contributed by atoms with Crippen LogP contribution in [0.5, 0.6) is 0 Å². The van der Waals surface area contributed by atoms with E-state index in [0.717, 1.165) is 36.0 Å². The first-order valence-corrected chi connectivity index (χ1v) is 13.5. The molecule has 1 saturated heterocycles. The Balaban J connectivity index is 1.61. The summed E-state index contributed by atoms with van der Waals surface area (Å²) in [7, 11) is -2.81. The fourth-order valence-corrected chi connectivity index (χ4v) is 6.30. The molecule has 0 unspecified atom stereocenters. The van der Waals surface area contributed by atoms with Crippen LogP contribution < -0.4 is 19.8 Å². The molecule has 10 nitrogen and oxygen atoms in total. The normalized spacial score (nSPS) is 13.8. The number of nitrogens with zero attached hydrogens (tertiary/aromatic N) is 4. The lowest BCUT2D eigenvalue weighted by molar-refractivity contribution is -0.138. The number of methoxy groups -OCH3 is 1. The zero-order valence-electron chi connectivity index (χ0n) is 21.5. The third kappa shape index (κ3) is 6.00. The van der Waals surface area contributed by atoms with Crippen LogP contribution in [0.3, 0.4) is 0 Å². The third-order valence-electron chi connectivity index (χ3n) is 6.12. The second-order valence-electron chi connectivity index (χ2n) is 8.97. The second kappa shape index (κ2) is 11.1. The van der Waals surface area contributed by atoms with Crippen molar-refractivity contribution in [1.82, 2.24) is 15.3 Å². The Morgan fingerprint density at radius 1 is 1.08 bits per heavy atom. The van der Waals surface area contributed by atoms with Crippen molar-refractivity contribution in [2.45, 2.75) is 25.7 Å². The predicted octanol–water partition coefficient (Wildman–Crippen LogP) is 2.92. The van der Waals surface area contributed by atoms with Gasteiger partial charge in [0.05, 0.1) is 17.7 Å². The zero-order valence-corrected chi connectivity index (χ0v) is 22.3. The standard InChI is InChI=1S/C26H32N6O4S/c1-18-15-19(2)25(20(3)16-18)37(34,35)32(17-24(33)36-4)22-7-5-21(6-8-22)29-23-9-10-28-26(30-23)31-13-11-27-12-14-31/h5-10,15-16,27H,11-14,17H2,1-4H3,(H,28,29,30). The summed E-state index contributed by atoms with van der Waals surface area (Å²) < 4.78 is 33.4. The van der Waals surface area contributed by atoms with Crippen LogP contribution >= 0.6 is 0 Å². The van der Waals surface area contributed by atoms with Crippen molar-refractivity contribution in [1.29, 1.82) is 0 Å². The minimum Gasteiger partial charge on any atom is -0.468 e. The van der Waals surface area contributed by atoms with Gasteiger partial charge in [-0.25, -0.2) is 13.4 Å². The number of rotatable bonds is 8. The van der Waals surface area contributed by atoms with E-state index < -0.39 is 22.5 Å². The molecule has 0 spiro atoms. The summed E-state index contributed by atoms with van der Waals surface area (Å²) >= 11 is 0. The average molecular weight is 525 g/mol. The van der Waals surface area contributed by atoms with Gasteiger partial charge in [0.25, 0.3) is 10.0 Å². The molecule has 196 valence electrons. The van der Waals surface area contributed by atoms with E-state index in [1.807, 2.05) is 19.1 Å². The number of esters is 1. The number of benzene rings is 2. The van der Waals surface area contributed by atoms with E-state index in [1.54, 1.807) is 50.4 Å². The molecule has 0 aliphatic carbocycles. The number of anilines is 4. The molecule has 0 saturated carbocycles. The quantitative estimate of drug-likeness (QED) is 0.429. The van der Waals surface area contributed by atoms with Gasteiger partial charge in [0, 0.05) is 38.1 Å². The summed E-state index contributed by atoms with van der Waals surface area (Å²) in [6, 6.07) is 12.2. The maximum absolute atomic E-state index is 13.8. The highest BCUT2D eigenvalue weighted by atomic mass is 32.2. The molecule has 0 amide bonds. The zero-order chi connectivity index (χ0) is 26.6. The Bertz CT molecular complexity index is 1350. The number of sulfonamides is 1. The minimum atomic E-state index is -4.05. The largest absolute Gasteiger partial charge is 0.468 e. The Morgan fingerprint density at radius 2 is 1.73 bits per heavy atom. The number of hydrogen-bond acceptors (Lipinski definition) is 9. The van der Waals surface area contributed by atoms with E-state index in [0.29, 0.717) is 34.3 Å². The van der Waals surface area contributed by atoms with Crippen molar-refractivity contribution in [3.63, 3.8) is 0 Å². The van der Waals surface area contributed by atoms with E-state index in [4.69, 9.17) is 4.74 Å². The topological polar surface area (TPSA) is 117 Å². The fraction of sp³-hybridized carbons (Fsp3) is 0.346. The predicted molar refractivity (Wildman–Crippen MR) is 144 cm³/mol. The highest BCUT2D eigenvalue weighted by Gasteiger charge is 2.30. The van der Waals surface area contributed by atoms with Gasteiger partial charge in [0.15, 0.2) is 0 Å². The molecule has 2 aromatic carbocycles. The van der Waals surface area contributed by atoms with Gasteiger partial charge in [-0.3, -0.25) is 9.10 Å². The van der Waals surface area contributed by atoms with Crippen LogP contribution in [0.4, 0.5) is 23.1 Å². The van der Waals surface area contributed by atoms with Crippen molar-refractivity contribution in [2.24, 2.45) is 0 Å². The number of carbonyl (C=O) groups is 1. The summed E-state index contributed by atoms with van der Waals surface area (Å²) in [6.45, 7) is 8.42. The van der Waals surface area contributed by atoms with Crippen LogP contribution in [0.2, 0.25) is 0 Å². The van der Waals surface area contributed by atoms with Crippen molar-refractivity contribution in [2.75, 3.05) is 54.4 Å². The Morgan fingerprint density at radius 3 is 2.35 bits per heavy atom. The first-order valence-electron chi connectivity index (χ1n) is 12.0. The molecule has 4 rings (SSSR count). The van der Waals surface area contributed by atoms with Crippen LogP contribution in [0.1, 0.15) is 16.7 Å². The van der Waals surface area contributed by atoms with E-state index in [9.17, 15) is 13.2 Å². The molecule has 0 radical (unpaired) electrons. The van der Waals surface area contributed by atoms with Crippen LogP contribution in [-0.2, 0) is 19.6 Å². The number of piperazine rings is 1. The van der Waals surface area contributed by atoms with Crippen LogP contribution in [-0.4, -0.2) is 64.2 Å². The SMILES string of the molecule is COC(=O)CN(c1ccc(Nc2ccnc(N3CCNCC3)n2)cc1)S(=O)(=O)c1c(C)cc(C)cc1C. The molecule has 0 atom stereocenters. The smallest absolute Gasteiger partial charge is 0.326 e. The highest BCUT2D eigenvalue weighted by molar-refractivity contribution is 7.93. The molecule has 0 bridgehead atoms. The van der Waals surface area contributed by atoms with Gasteiger partial charge in [-0.15, -0.1) is 0 Å². The second-order valence-corrected chi connectivity index (χ2v) is 10.8. The number of aryl methyl sites for hydroxylation is 3. The summed E-state index contributed by atoms with van der Waals surface area (Å²) in [4.78, 5) is 23.5. The molecule has 2 N–H and O–H groups in total. The lowest BCUT2D eigenvalue weighted by Gasteiger charge is -2.27. The van der Waals surface area contributed by atoms with E-state index in [-0.39, 0.29) is 4.90 Å². The minimum absolute atomic E-state index is 0.186. The molecule has 37 heavy (non-hydrogen) atoms. The van der Waals surface area contributed by atoms with Crippen molar-refractivity contribution in [3.05, 3.63) is 65.4 Å². The first-order chi connectivity index (χ1) is 17.7. The lowest BCUT2D eigenvalue weighted by Crippen LogP contribution is -2.44. The third-order valence-corrected chi connectivity index (χ3v) is 8.20. The Hall–Kier alpha value is -3.70. The Kier molecular flexibility index (Phi) is 7.94. The molecule has 2 heterocycles. The maximum atomic E-state index is 13.8. The van der Waals surface area contributed by atoms with Gasteiger partial charge >= 0.3 is 5.97 Å². The van der Waals surface area contributed by atoms with Gasteiger partial charge < -0.3 is 20.3 Å². The summed E-state index contributed by atoms with van der Waals surface area (Å²) in [5.74, 6) is 0.623. The number of ether oxygens (including phenoxy) is 1. The molecule has 3 aromatic rings. The molecule has 1 aromatic heterocycles. The molecule has 1 aliphatic rings. The van der Waals surface area contributed by atoms with E-state index in [2.05, 4.69) is 25.5 Å². The number of hydrogen-bond donors (Lipinski definition) is 2. The van der Waals surface area contributed by atoms with Crippen molar-refractivity contribution < 1.29 is 17.9 Å². The molecular formula is C26H32N6O4S. The van der Waals surface area contributed by atoms with Crippen LogP contribution in [0.25, 0.3) is 0 Å². The summed E-state index contributed by atoms with van der Waals surface area (Å²) in [5.41, 5.74) is 3.27. The van der Waals surface area contributed by atoms with Crippen molar-refractivity contribution in [3.8, 4) is 0 Å². The Labute approximate surface area is 217 Å². The molecule has 1 aliphatic heterocycles.